The third-order valence-corrected chi connectivity index (χ3v) is 7.81. The molecule has 7 rings (SSSR count). The van der Waals surface area contributed by atoms with E-state index in [-0.39, 0.29) is 23.8 Å². The second-order valence-corrected chi connectivity index (χ2v) is 10.5. The first-order chi connectivity index (χ1) is 17.8. The highest BCUT2D eigenvalue weighted by Gasteiger charge is 2.44. The van der Waals surface area contributed by atoms with E-state index in [1.807, 2.05) is 73.0 Å². The third kappa shape index (κ3) is 3.35. The summed E-state index contributed by atoms with van der Waals surface area (Å²) in [5.41, 5.74) is 3.59. The van der Waals surface area contributed by atoms with Crippen molar-refractivity contribution < 1.29 is 19.1 Å². The van der Waals surface area contributed by atoms with E-state index in [0.29, 0.717) is 28.3 Å². The van der Waals surface area contributed by atoms with Crippen LogP contribution in [0.4, 0.5) is 0 Å². The van der Waals surface area contributed by atoms with Crippen LogP contribution >= 0.6 is 11.6 Å². The molecular weight excluding hydrogens is 490 g/mol. The van der Waals surface area contributed by atoms with Crippen molar-refractivity contribution in [3.63, 3.8) is 0 Å². The number of hydrogen-bond donors (Lipinski definition) is 2. The highest BCUT2D eigenvalue weighted by atomic mass is 35.5. The molecular formula is C29H24ClN3O4. The Labute approximate surface area is 217 Å². The van der Waals surface area contributed by atoms with Gasteiger partial charge in [0.15, 0.2) is 5.79 Å². The van der Waals surface area contributed by atoms with Crippen molar-refractivity contribution in [1.82, 2.24) is 14.9 Å². The smallest absolute Gasteiger partial charge is 0.259 e. The Balaban J connectivity index is 1.44. The van der Waals surface area contributed by atoms with Gasteiger partial charge in [0.1, 0.15) is 11.3 Å². The summed E-state index contributed by atoms with van der Waals surface area (Å²) in [5, 5.41) is 4.58. The van der Waals surface area contributed by atoms with Gasteiger partial charge in [0.05, 0.1) is 28.8 Å². The Morgan fingerprint density at radius 1 is 0.946 bits per heavy atom. The highest BCUT2D eigenvalue weighted by Crippen LogP contribution is 2.45. The molecule has 1 saturated heterocycles. The zero-order valence-electron chi connectivity index (χ0n) is 20.2. The minimum atomic E-state index is -0.649. The third-order valence-electron chi connectivity index (χ3n) is 7.44. The van der Waals surface area contributed by atoms with Crippen LogP contribution in [0.3, 0.4) is 0 Å². The van der Waals surface area contributed by atoms with E-state index in [0.717, 1.165) is 21.8 Å². The fourth-order valence-electron chi connectivity index (χ4n) is 5.98. The molecule has 0 bridgehead atoms. The molecule has 1 fully saturated rings. The minimum Gasteiger partial charge on any atom is -0.361 e. The Morgan fingerprint density at radius 3 is 2.51 bits per heavy atom. The van der Waals surface area contributed by atoms with Crippen LogP contribution in [0.2, 0.25) is 5.15 Å². The summed E-state index contributed by atoms with van der Waals surface area (Å²) in [6.07, 6.45) is 6.34. The van der Waals surface area contributed by atoms with Gasteiger partial charge in [0, 0.05) is 40.0 Å². The average molecular weight is 514 g/mol. The van der Waals surface area contributed by atoms with Gasteiger partial charge in [-0.25, -0.2) is 0 Å². The van der Waals surface area contributed by atoms with Crippen LogP contribution in [-0.2, 0) is 19.1 Å². The quantitative estimate of drug-likeness (QED) is 0.285. The molecule has 2 aromatic heterocycles. The standard InChI is InChI=1S/C29H24ClN3O4/c1-29(2)36-21-12-11-15(13-22(21)37-29)33-20-10-6-4-8-17(20)23(26(33)30)25-24(27(34)32-28(25)35)18-14-31-19-9-5-3-7-16(18)19/h3-12,14-15,21-22,31H,13H2,1-2H3,(H,32,34,35)/t15-,21-,22+/m0/s1. The van der Waals surface area contributed by atoms with Gasteiger partial charge in [-0.1, -0.05) is 60.2 Å². The maximum absolute atomic E-state index is 13.3. The van der Waals surface area contributed by atoms with Gasteiger partial charge in [-0.3, -0.25) is 14.9 Å². The normalized spacial score (nSPS) is 24.9. The SMILES string of the molecule is CC1(C)O[C@H]2C=C[C@H](n3c(Cl)c(C4=C(c5c[nH]c6ccccc56)C(=O)NC4=O)c4ccccc43)C[C@H]2O1. The second kappa shape index (κ2) is 7.92. The van der Waals surface area contributed by atoms with Crippen molar-refractivity contribution in [2.45, 2.75) is 44.3 Å². The van der Waals surface area contributed by atoms with E-state index >= 15 is 0 Å². The number of aromatic amines is 1. The van der Waals surface area contributed by atoms with Crippen LogP contribution in [0.15, 0.2) is 66.9 Å². The number of hydrogen-bond acceptors (Lipinski definition) is 4. The lowest BCUT2D eigenvalue weighted by Crippen LogP contribution is -2.28. The predicted molar refractivity (Wildman–Crippen MR) is 142 cm³/mol. The summed E-state index contributed by atoms with van der Waals surface area (Å²) in [5.74, 6) is -1.54. The van der Waals surface area contributed by atoms with E-state index in [1.54, 1.807) is 6.20 Å². The van der Waals surface area contributed by atoms with E-state index in [4.69, 9.17) is 21.1 Å². The van der Waals surface area contributed by atoms with E-state index in [2.05, 4.69) is 16.4 Å². The summed E-state index contributed by atoms with van der Waals surface area (Å²) in [6, 6.07) is 15.4. The molecule has 4 heterocycles. The van der Waals surface area contributed by atoms with Gasteiger partial charge in [-0.15, -0.1) is 0 Å². The number of rotatable bonds is 3. The van der Waals surface area contributed by atoms with Crippen molar-refractivity contribution in [1.29, 1.82) is 0 Å². The first-order valence-electron chi connectivity index (χ1n) is 12.3. The molecule has 2 amide bonds. The number of carbonyl (C=O) groups is 2. The Kier molecular flexibility index (Phi) is 4.83. The number of carbonyl (C=O) groups excluding carboxylic acids is 2. The Bertz CT molecular complexity index is 1690. The molecule has 186 valence electrons. The van der Waals surface area contributed by atoms with Crippen molar-refractivity contribution in [2.24, 2.45) is 0 Å². The molecule has 8 heteroatoms. The minimum absolute atomic E-state index is 0.108. The summed E-state index contributed by atoms with van der Waals surface area (Å²) in [4.78, 5) is 29.7. The van der Waals surface area contributed by atoms with E-state index in [1.165, 1.54) is 0 Å². The molecule has 0 unspecified atom stereocenters. The van der Waals surface area contributed by atoms with Crippen molar-refractivity contribution >= 4 is 56.4 Å². The molecule has 1 aliphatic carbocycles. The first kappa shape index (κ1) is 22.5. The van der Waals surface area contributed by atoms with E-state index < -0.39 is 17.6 Å². The molecule has 7 nitrogen and oxygen atoms in total. The number of para-hydroxylation sites is 2. The van der Waals surface area contributed by atoms with Crippen LogP contribution in [0.1, 0.15) is 37.4 Å². The van der Waals surface area contributed by atoms with Crippen molar-refractivity contribution in [3.8, 4) is 0 Å². The van der Waals surface area contributed by atoms with Crippen LogP contribution < -0.4 is 5.32 Å². The van der Waals surface area contributed by atoms with E-state index in [9.17, 15) is 9.59 Å². The van der Waals surface area contributed by atoms with Gasteiger partial charge in [0.2, 0.25) is 0 Å². The maximum Gasteiger partial charge on any atom is 0.259 e. The average Bonchev–Trinajstić information content (AvgIpc) is 3.57. The molecule has 2 N–H and O–H groups in total. The van der Waals surface area contributed by atoms with Crippen LogP contribution in [0, 0.1) is 0 Å². The number of benzene rings is 2. The number of amides is 2. The largest absolute Gasteiger partial charge is 0.361 e. The molecule has 2 aliphatic heterocycles. The van der Waals surface area contributed by atoms with Crippen molar-refractivity contribution in [2.75, 3.05) is 0 Å². The highest BCUT2D eigenvalue weighted by molar-refractivity contribution is 6.52. The summed E-state index contributed by atoms with van der Waals surface area (Å²) in [6.45, 7) is 3.83. The number of H-pyrrole nitrogens is 1. The summed E-state index contributed by atoms with van der Waals surface area (Å²) in [7, 11) is 0. The molecule has 3 atom stereocenters. The lowest BCUT2D eigenvalue weighted by molar-refractivity contribution is -0.143. The number of halogens is 1. The Hall–Kier alpha value is -3.65. The fourth-order valence-corrected chi connectivity index (χ4v) is 6.39. The second-order valence-electron chi connectivity index (χ2n) is 10.2. The first-order valence-corrected chi connectivity index (χ1v) is 12.7. The number of allylic oxidation sites excluding steroid dienone is 1. The molecule has 2 aromatic carbocycles. The predicted octanol–water partition coefficient (Wildman–Crippen LogP) is 5.36. The van der Waals surface area contributed by atoms with Gasteiger partial charge in [0.25, 0.3) is 11.8 Å². The summed E-state index contributed by atoms with van der Waals surface area (Å²) < 4.78 is 14.2. The zero-order valence-corrected chi connectivity index (χ0v) is 21.0. The Morgan fingerprint density at radius 2 is 1.68 bits per heavy atom. The number of nitrogens with one attached hydrogen (secondary N) is 2. The molecule has 0 spiro atoms. The number of fused-ring (bicyclic) bond motifs is 3. The van der Waals surface area contributed by atoms with Gasteiger partial charge < -0.3 is 19.0 Å². The molecule has 4 aromatic rings. The molecule has 0 radical (unpaired) electrons. The van der Waals surface area contributed by atoms with Crippen LogP contribution in [0.5, 0.6) is 0 Å². The van der Waals surface area contributed by atoms with Crippen molar-refractivity contribution in [3.05, 3.63) is 83.2 Å². The monoisotopic (exact) mass is 513 g/mol. The molecule has 3 aliphatic rings. The fraction of sp³-hybridized carbons (Fsp3) is 0.241. The maximum atomic E-state index is 13.3. The summed E-state index contributed by atoms with van der Waals surface area (Å²) >= 11 is 7.15. The number of ether oxygens (including phenoxy) is 2. The number of aromatic nitrogens is 2. The molecule has 0 saturated carbocycles. The van der Waals surface area contributed by atoms with Gasteiger partial charge in [-0.05, 0) is 26.0 Å². The number of imide groups is 1. The van der Waals surface area contributed by atoms with Crippen LogP contribution in [0.25, 0.3) is 33.0 Å². The van der Waals surface area contributed by atoms with Gasteiger partial charge >= 0.3 is 0 Å². The van der Waals surface area contributed by atoms with Crippen LogP contribution in [-0.4, -0.2) is 39.4 Å². The lowest BCUT2D eigenvalue weighted by Gasteiger charge is -2.27. The van der Waals surface area contributed by atoms with Gasteiger partial charge in [-0.2, -0.15) is 0 Å². The topological polar surface area (TPSA) is 85.4 Å². The lowest BCUT2D eigenvalue weighted by atomic mass is 9.95. The number of nitrogens with zero attached hydrogens (tertiary/aromatic N) is 1. The molecule has 37 heavy (non-hydrogen) atoms. The zero-order chi connectivity index (χ0) is 25.5.